The molecule has 1 aliphatic rings. The van der Waals surface area contributed by atoms with Crippen molar-refractivity contribution in [1.29, 1.82) is 0 Å². The SMILES string of the molecule is CN(Cc1coc(-c2ccc([N+](=O)[O-])cc2)n1)C1CCC(CO)CC1. The number of aromatic nitrogens is 1. The Hall–Kier alpha value is -2.25. The molecule has 0 amide bonds. The van der Waals surface area contributed by atoms with Crippen LogP contribution in [0.1, 0.15) is 31.4 Å². The van der Waals surface area contributed by atoms with Gasteiger partial charge >= 0.3 is 0 Å². The minimum atomic E-state index is -0.425. The predicted octanol–water partition coefficient (Wildman–Crippen LogP) is 3.23. The number of hydrogen-bond acceptors (Lipinski definition) is 6. The maximum atomic E-state index is 10.7. The second-order valence-electron chi connectivity index (χ2n) is 6.72. The van der Waals surface area contributed by atoms with Crippen molar-refractivity contribution in [3.63, 3.8) is 0 Å². The molecule has 3 rings (SSSR count). The van der Waals surface area contributed by atoms with Crippen LogP contribution in [0.4, 0.5) is 5.69 Å². The van der Waals surface area contributed by atoms with Gasteiger partial charge in [-0.2, -0.15) is 0 Å². The lowest BCUT2D eigenvalue weighted by Gasteiger charge is -2.33. The summed E-state index contributed by atoms with van der Waals surface area (Å²) in [6, 6.07) is 6.69. The first-order valence-corrected chi connectivity index (χ1v) is 8.57. The molecule has 0 bridgehead atoms. The third-order valence-electron chi connectivity index (χ3n) is 4.99. The summed E-state index contributed by atoms with van der Waals surface area (Å²) < 4.78 is 5.53. The number of non-ortho nitro benzene ring substituents is 1. The molecule has 134 valence electrons. The Morgan fingerprint density at radius 2 is 1.96 bits per heavy atom. The molecule has 7 nitrogen and oxygen atoms in total. The Morgan fingerprint density at radius 1 is 1.28 bits per heavy atom. The van der Waals surface area contributed by atoms with Crippen molar-refractivity contribution in [2.45, 2.75) is 38.3 Å². The molecule has 1 aliphatic carbocycles. The molecule has 1 saturated carbocycles. The lowest BCUT2D eigenvalue weighted by Crippen LogP contribution is -2.35. The Kier molecular flexibility index (Phi) is 5.45. The third-order valence-corrected chi connectivity index (χ3v) is 4.99. The van der Waals surface area contributed by atoms with Gasteiger partial charge in [0.1, 0.15) is 6.26 Å². The summed E-state index contributed by atoms with van der Waals surface area (Å²) in [6.07, 6.45) is 5.97. The van der Waals surface area contributed by atoms with Crippen LogP contribution in [-0.2, 0) is 6.54 Å². The van der Waals surface area contributed by atoms with Gasteiger partial charge in [-0.15, -0.1) is 0 Å². The molecule has 0 saturated heterocycles. The van der Waals surface area contributed by atoms with E-state index in [9.17, 15) is 15.2 Å². The van der Waals surface area contributed by atoms with Crippen LogP contribution in [0.2, 0.25) is 0 Å². The van der Waals surface area contributed by atoms with Gasteiger partial charge in [0, 0.05) is 36.9 Å². The smallest absolute Gasteiger partial charge is 0.269 e. The minimum absolute atomic E-state index is 0.0498. The van der Waals surface area contributed by atoms with Gasteiger partial charge in [-0.1, -0.05) is 0 Å². The standard InChI is InChI=1S/C18H23N3O4/c1-20(16-6-2-13(11-22)3-7-16)10-15-12-25-18(19-15)14-4-8-17(9-5-14)21(23)24/h4-5,8-9,12-13,16,22H,2-3,6-7,10-11H2,1H3. The Bertz CT molecular complexity index is 705. The van der Waals surface area contributed by atoms with Crippen LogP contribution in [0.15, 0.2) is 34.9 Å². The zero-order chi connectivity index (χ0) is 17.8. The van der Waals surface area contributed by atoms with Crippen molar-refractivity contribution in [3.05, 3.63) is 46.3 Å². The van der Waals surface area contributed by atoms with E-state index in [-0.39, 0.29) is 12.3 Å². The second-order valence-corrected chi connectivity index (χ2v) is 6.72. The highest BCUT2D eigenvalue weighted by Gasteiger charge is 2.24. The molecule has 0 aliphatic heterocycles. The fraction of sp³-hybridized carbons (Fsp3) is 0.500. The molecule has 1 aromatic heterocycles. The number of rotatable bonds is 6. The fourth-order valence-electron chi connectivity index (χ4n) is 3.39. The number of nitro groups is 1. The molecule has 1 fully saturated rings. The number of aliphatic hydroxyl groups is 1. The normalized spacial score (nSPS) is 20.8. The monoisotopic (exact) mass is 345 g/mol. The molecular weight excluding hydrogens is 322 g/mol. The van der Waals surface area contributed by atoms with Crippen LogP contribution >= 0.6 is 0 Å². The van der Waals surface area contributed by atoms with Crippen LogP contribution < -0.4 is 0 Å². The highest BCUT2D eigenvalue weighted by atomic mass is 16.6. The molecule has 7 heteroatoms. The number of benzene rings is 1. The Morgan fingerprint density at radius 3 is 2.56 bits per heavy atom. The molecule has 0 spiro atoms. The quantitative estimate of drug-likeness (QED) is 0.638. The summed E-state index contributed by atoms with van der Waals surface area (Å²) in [5, 5.41) is 19.9. The number of aliphatic hydroxyl groups excluding tert-OH is 1. The molecular formula is C18H23N3O4. The van der Waals surface area contributed by atoms with E-state index in [4.69, 9.17) is 4.42 Å². The maximum absolute atomic E-state index is 10.7. The molecule has 1 aromatic carbocycles. The summed E-state index contributed by atoms with van der Waals surface area (Å²) in [5.74, 6) is 0.924. The number of hydrogen-bond donors (Lipinski definition) is 1. The third kappa shape index (κ3) is 4.24. The lowest BCUT2D eigenvalue weighted by atomic mass is 9.86. The highest BCUT2D eigenvalue weighted by molar-refractivity contribution is 5.55. The van der Waals surface area contributed by atoms with E-state index in [1.807, 2.05) is 0 Å². The first-order chi connectivity index (χ1) is 12.1. The summed E-state index contributed by atoms with van der Waals surface area (Å²) in [6.45, 7) is 0.989. The van der Waals surface area contributed by atoms with E-state index in [1.165, 1.54) is 12.1 Å². The van der Waals surface area contributed by atoms with Gasteiger partial charge < -0.3 is 9.52 Å². The molecule has 25 heavy (non-hydrogen) atoms. The van der Waals surface area contributed by atoms with Crippen molar-refractivity contribution in [2.24, 2.45) is 5.92 Å². The van der Waals surface area contributed by atoms with Crippen LogP contribution in [0.3, 0.4) is 0 Å². The highest BCUT2D eigenvalue weighted by Crippen LogP contribution is 2.28. The maximum Gasteiger partial charge on any atom is 0.269 e. The molecule has 0 atom stereocenters. The zero-order valence-corrected chi connectivity index (χ0v) is 14.3. The first-order valence-electron chi connectivity index (χ1n) is 8.57. The summed E-state index contributed by atoms with van der Waals surface area (Å²) in [4.78, 5) is 17.1. The van der Waals surface area contributed by atoms with Gasteiger partial charge in [0.2, 0.25) is 5.89 Å². The second kappa shape index (κ2) is 7.76. The van der Waals surface area contributed by atoms with E-state index in [0.717, 1.165) is 36.9 Å². The summed E-state index contributed by atoms with van der Waals surface area (Å²) >= 11 is 0. The van der Waals surface area contributed by atoms with Gasteiger partial charge in [-0.05, 0) is 50.8 Å². The first kappa shape index (κ1) is 17.6. The fourth-order valence-corrected chi connectivity index (χ4v) is 3.39. The zero-order valence-electron chi connectivity index (χ0n) is 14.3. The van der Waals surface area contributed by atoms with Crippen molar-refractivity contribution < 1.29 is 14.4 Å². The van der Waals surface area contributed by atoms with E-state index in [0.29, 0.717) is 24.4 Å². The van der Waals surface area contributed by atoms with Gasteiger partial charge in [-0.25, -0.2) is 4.98 Å². The van der Waals surface area contributed by atoms with E-state index >= 15 is 0 Å². The summed E-state index contributed by atoms with van der Waals surface area (Å²) in [5.41, 5.74) is 1.62. The van der Waals surface area contributed by atoms with Crippen molar-refractivity contribution >= 4 is 5.69 Å². The topological polar surface area (TPSA) is 92.6 Å². The van der Waals surface area contributed by atoms with Crippen LogP contribution in [0, 0.1) is 16.0 Å². The molecule has 2 aromatic rings. The molecule has 1 heterocycles. The van der Waals surface area contributed by atoms with Gasteiger partial charge in [0.15, 0.2) is 0 Å². The van der Waals surface area contributed by atoms with Crippen LogP contribution in [0.5, 0.6) is 0 Å². The van der Waals surface area contributed by atoms with Gasteiger partial charge in [-0.3, -0.25) is 15.0 Å². The van der Waals surface area contributed by atoms with Gasteiger partial charge in [0.25, 0.3) is 5.69 Å². The minimum Gasteiger partial charge on any atom is -0.444 e. The van der Waals surface area contributed by atoms with Crippen LogP contribution in [0.25, 0.3) is 11.5 Å². The molecule has 0 radical (unpaired) electrons. The van der Waals surface area contributed by atoms with Crippen molar-refractivity contribution in [1.82, 2.24) is 9.88 Å². The van der Waals surface area contributed by atoms with Crippen LogP contribution in [-0.4, -0.2) is 39.6 Å². The van der Waals surface area contributed by atoms with E-state index in [1.54, 1.807) is 18.4 Å². The Labute approximate surface area is 146 Å². The lowest BCUT2D eigenvalue weighted by molar-refractivity contribution is -0.384. The molecule has 1 N–H and O–H groups in total. The predicted molar refractivity (Wildman–Crippen MR) is 92.9 cm³/mol. The number of oxazole rings is 1. The van der Waals surface area contributed by atoms with Crippen molar-refractivity contribution in [2.75, 3.05) is 13.7 Å². The summed E-state index contributed by atoms with van der Waals surface area (Å²) in [7, 11) is 2.09. The Balaban J connectivity index is 1.60. The average molecular weight is 345 g/mol. The molecule has 0 unspecified atom stereocenters. The average Bonchev–Trinajstić information content (AvgIpc) is 3.10. The van der Waals surface area contributed by atoms with Crippen molar-refractivity contribution in [3.8, 4) is 11.5 Å². The van der Waals surface area contributed by atoms with Gasteiger partial charge in [0.05, 0.1) is 10.6 Å². The largest absolute Gasteiger partial charge is 0.444 e. The number of nitrogens with zero attached hydrogens (tertiary/aromatic N) is 3. The van der Waals surface area contributed by atoms with E-state index < -0.39 is 4.92 Å². The van der Waals surface area contributed by atoms with E-state index in [2.05, 4.69) is 16.9 Å². The number of nitro benzene ring substituents is 1.